The highest BCUT2D eigenvalue weighted by atomic mass is 19.4. The molecule has 1 fully saturated rings. The first-order chi connectivity index (χ1) is 11.9. The van der Waals surface area contributed by atoms with Crippen LogP contribution in [0.5, 0.6) is 0 Å². The fourth-order valence-corrected chi connectivity index (χ4v) is 2.94. The molecule has 1 unspecified atom stereocenters. The molecular weight excluding hydrogens is 337 g/mol. The summed E-state index contributed by atoms with van der Waals surface area (Å²) in [5.74, 6) is -0.511. The van der Waals surface area contributed by atoms with E-state index in [1.54, 1.807) is 24.3 Å². The van der Waals surface area contributed by atoms with Crippen molar-refractivity contribution in [2.45, 2.75) is 18.6 Å². The number of nitrogens with one attached hydrogen (secondary N) is 2. The molecule has 1 aromatic heterocycles. The number of carbonyl (C=O) groups excluding carboxylic acids is 1. The minimum atomic E-state index is -4.40. The van der Waals surface area contributed by atoms with E-state index in [4.69, 9.17) is 4.52 Å². The number of para-hydroxylation sites is 1. The molecule has 1 aliphatic rings. The Bertz CT molecular complexity index is 725. The quantitative estimate of drug-likeness (QED) is 0.846. The Labute approximate surface area is 142 Å². The second kappa shape index (κ2) is 7.40. The van der Waals surface area contributed by atoms with Crippen LogP contribution in [-0.4, -0.2) is 60.9 Å². The fourth-order valence-electron chi connectivity index (χ4n) is 2.94. The summed E-state index contributed by atoms with van der Waals surface area (Å²) in [7, 11) is 0. The Morgan fingerprint density at radius 1 is 1.32 bits per heavy atom. The second-order valence-electron chi connectivity index (χ2n) is 5.95. The van der Waals surface area contributed by atoms with Crippen LogP contribution in [0.25, 0.3) is 11.0 Å². The standard InChI is InChI=1S/C16H19F3N4O2/c17-16(18,19)14(23-7-5-20-6-8-23)10-21-15(24)9-12-11-3-1-2-4-13(11)25-22-12/h1-4,14,20H,5-10H2,(H,21,24). The highest BCUT2D eigenvalue weighted by molar-refractivity contribution is 5.86. The number of nitrogens with zero attached hydrogens (tertiary/aromatic N) is 2. The van der Waals surface area contributed by atoms with E-state index in [0.717, 1.165) is 0 Å². The molecule has 136 valence electrons. The number of carbonyl (C=O) groups is 1. The number of fused-ring (bicyclic) bond motifs is 1. The molecule has 1 amide bonds. The maximum absolute atomic E-state index is 13.3. The van der Waals surface area contributed by atoms with Crippen molar-refractivity contribution in [3.63, 3.8) is 0 Å². The highest BCUT2D eigenvalue weighted by Crippen LogP contribution is 2.25. The van der Waals surface area contributed by atoms with E-state index in [-0.39, 0.29) is 6.42 Å². The fraction of sp³-hybridized carbons (Fsp3) is 0.500. The summed E-state index contributed by atoms with van der Waals surface area (Å²) < 4.78 is 45.0. The molecule has 2 aromatic rings. The third kappa shape index (κ3) is 4.29. The van der Waals surface area contributed by atoms with E-state index in [1.807, 2.05) is 0 Å². The predicted octanol–water partition coefficient (Wildman–Crippen LogP) is 1.32. The SMILES string of the molecule is O=C(Cc1noc2ccccc12)NCC(N1CCNCC1)C(F)(F)F. The molecule has 1 aromatic carbocycles. The van der Waals surface area contributed by atoms with E-state index >= 15 is 0 Å². The summed E-state index contributed by atoms with van der Waals surface area (Å²) in [5.41, 5.74) is 0.957. The van der Waals surface area contributed by atoms with Crippen molar-refractivity contribution in [3.05, 3.63) is 30.0 Å². The molecule has 1 aliphatic heterocycles. The lowest BCUT2D eigenvalue weighted by Crippen LogP contribution is -2.57. The van der Waals surface area contributed by atoms with Gasteiger partial charge >= 0.3 is 6.18 Å². The maximum Gasteiger partial charge on any atom is 0.405 e. The Kier molecular flexibility index (Phi) is 5.24. The van der Waals surface area contributed by atoms with Crippen LogP contribution >= 0.6 is 0 Å². The molecule has 2 N–H and O–H groups in total. The normalized spacial score (nSPS) is 17.6. The van der Waals surface area contributed by atoms with Crippen LogP contribution < -0.4 is 10.6 Å². The van der Waals surface area contributed by atoms with Crippen LogP contribution in [0.4, 0.5) is 13.2 Å². The maximum atomic E-state index is 13.3. The molecule has 0 aliphatic carbocycles. The van der Waals surface area contributed by atoms with Crippen molar-refractivity contribution in [2.75, 3.05) is 32.7 Å². The van der Waals surface area contributed by atoms with E-state index in [2.05, 4.69) is 15.8 Å². The lowest BCUT2D eigenvalue weighted by Gasteiger charge is -2.35. The van der Waals surface area contributed by atoms with Gasteiger partial charge in [0.25, 0.3) is 0 Å². The molecular formula is C16H19F3N4O2. The van der Waals surface area contributed by atoms with Gasteiger partial charge in [0, 0.05) is 38.1 Å². The van der Waals surface area contributed by atoms with Gasteiger partial charge in [-0.15, -0.1) is 0 Å². The number of hydrogen-bond donors (Lipinski definition) is 2. The van der Waals surface area contributed by atoms with Crippen LogP contribution in [0.1, 0.15) is 5.69 Å². The minimum absolute atomic E-state index is 0.122. The molecule has 2 heterocycles. The number of aromatic nitrogens is 1. The summed E-state index contributed by atoms with van der Waals surface area (Å²) in [6.07, 6.45) is -4.52. The number of hydrogen-bond acceptors (Lipinski definition) is 5. The van der Waals surface area contributed by atoms with Crippen LogP contribution in [0.2, 0.25) is 0 Å². The van der Waals surface area contributed by atoms with Gasteiger partial charge in [0.2, 0.25) is 5.91 Å². The summed E-state index contributed by atoms with van der Waals surface area (Å²) >= 11 is 0. The van der Waals surface area contributed by atoms with Gasteiger partial charge in [-0.05, 0) is 12.1 Å². The molecule has 0 saturated carbocycles. The number of amides is 1. The van der Waals surface area contributed by atoms with Gasteiger partial charge in [0.1, 0.15) is 11.7 Å². The first kappa shape index (κ1) is 17.7. The van der Waals surface area contributed by atoms with E-state index in [1.165, 1.54) is 4.90 Å². The Balaban J connectivity index is 1.61. The molecule has 0 spiro atoms. The van der Waals surface area contributed by atoms with Crippen LogP contribution in [-0.2, 0) is 11.2 Å². The third-order valence-corrected chi connectivity index (χ3v) is 4.24. The molecule has 9 heteroatoms. The Morgan fingerprint density at radius 2 is 2.04 bits per heavy atom. The van der Waals surface area contributed by atoms with Crippen LogP contribution in [0, 0.1) is 0 Å². The van der Waals surface area contributed by atoms with Crippen molar-refractivity contribution < 1.29 is 22.5 Å². The van der Waals surface area contributed by atoms with Gasteiger partial charge < -0.3 is 15.2 Å². The summed E-state index contributed by atoms with van der Waals surface area (Å²) in [6, 6.07) is 5.35. The summed E-state index contributed by atoms with van der Waals surface area (Å²) in [5, 5.41) is 9.92. The van der Waals surface area contributed by atoms with Crippen molar-refractivity contribution in [1.82, 2.24) is 20.7 Å². The average molecular weight is 356 g/mol. The zero-order valence-corrected chi connectivity index (χ0v) is 13.5. The lowest BCUT2D eigenvalue weighted by atomic mass is 10.1. The van der Waals surface area contributed by atoms with E-state index in [9.17, 15) is 18.0 Å². The van der Waals surface area contributed by atoms with Crippen molar-refractivity contribution in [2.24, 2.45) is 0 Å². The lowest BCUT2D eigenvalue weighted by molar-refractivity contribution is -0.184. The highest BCUT2D eigenvalue weighted by Gasteiger charge is 2.43. The van der Waals surface area contributed by atoms with E-state index < -0.39 is 24.7 Å². The molecule has 0 bridgehead atoms. The monoisotopic (exact) mass is 356 g/mol. The number of benzene rings is 1. The van der Waals surface area contributed by atoms with Gasteiger partial charge in [-0.1, -0.05) is 17.3 Å². The largest absolute Gasteiger partial charge is 0.405 e. The Hall–Kier alpha value is -2.13. The van der Waals surface area contributed by atoms with Gasteiger partial charge in [0.15, 0.2) is 5.58 Å². The Morgan fingerprint density at radius 3 is 2.76 bits per heavy atom. The van der Waals surface area contributed by atoms with Crippen molar-refractivity contribution in [3.8, 4) is 0 Å². The summed E-state index contributed by atoms with van der Waals surface area (Å²) in [6.45, 7) is 1.14. The number of piperazine rings is 1. The summed E-state index contributed by atoms with van der Waals surface area (Å²) in [4.78, 5) is 13.4. The molecule has 1 atom stereocenters. The molecule has 25 heavy (non-hydrogen) atoms. The molecule has 3 rings (SSSR count). The van der Waals surface area contributed by atoms with E-state index in [0.29, 0.717) is 42.8 Å². The first-order valence-corrected chi connectivity index (χ1v) is 8.06. The van der Waals surface area contributed by atoms with Gasteiger partial charge in [-0.2, -0.15) is 13.2 Å². The van der Waals surface area contributed by atoms with Gasteiger partial charge in [-0.25, -0.2) is 0 Å². The minimum Gasteiger partial charge on any atom is -0.356 e. The number of rotatable bonds is 5. The van der Waals surface area contributed by atoms with Crippen LogP contribution in [0.3, 0.4) is 0 Å². The zero-order valence-electron chi connectivity index (χ0n) is 13.5. The zero-order chi connectivity index (χ0) is 17.9. The smallest absolute Gasteiger partial charge is 0.356 e. The topological polar surface area (TPSA) is 70.4 Å². The molecule has 1 saturated heterocycles. The van der Waals surface area contributed by atoms with Crippen molar-refractivity contribution >= 4 is 16.9 Å². The molecule has 6 nitrogen and oxygen atoms in total. The van der Waals surface area contributed by atoms with Gasteiger partial charge in [-0.3, -0.25) is 9.69 Å². The third-order valence-electron chi connectivity index (χ3n) is 4.24. The average Bonchev–Trinajstić information content (AvgIpc) is 2.98. The first-order valence-electron chi connectivity index (χ1n) is 8.06. The molecule has 0 radical (unpaired) electrons. The second-order valence-corrected chi connectivity index (χ2v) is 5.95. The number of alkyl halides is 3. The van der Waals surface area contributed by atoms with Crippen molar-refractivity contribution in [1.29, 1.82) is 0 Å². The number of halogens is 3. The predicted molar refractivity (Wildman–Crippen MR) is 85.0 cm³/mol. The van der Waals surface area contributed by atoms with Crippen LogP contribution in [0.15, 0.2) is 28.8 Å². The van der Waals surface area contributed by atoms with Gasteiger partial charge in [0.05, 0.1) is 6.42 Å².